The molecule has 27 heavy (non-hydrogen) atoms. The molecule has 3 rings (SSSR count). The number of halogens is 3. The predicted octanol–water partition coefficient (Wildman–Crippen LogP) is 5.06. The van der Waals surface area contributed by atoms with Crippen molar-refractivity contribution >= 4 is 0 Å². The van der Waals surface area contributed by atoms with Gasteiger partial charge in [-0.15, -0.1) is 5.10 Å². The number of nitrogens with zero attached hydrogens (tertiary/aromatic N) is 2. The second-order valence-corrected chi connectivity index (χ2v) is 5.88. The highest BCUT2D eigenvalue weighted by Crippen LogP contribution is 2.35. The number of ether oxygens (including phenoxy) is 2. The summed E-state index contributed by atoms with van der Waals surface area (Å²) in [4.78, 5) is 0. The molecule has 0 spiro atoms. The average Bonchev–Trinajstić information content (AvgIpc) is 2.66. The lowest BCUT2D eigenvalue weighted by Gasteiger charge is -2.14. The van der Waals surface area contributed by atoms with Crippen molar-refractivity contribution in [3.05, 3.63) is 71.4 Å². The van der Waals surface area contributed by atoms with Crippen LogP contribution in [0.15, 0.2) is 54.6 Å². The minimum absolute atomic E-state index is 0.147. The maximum Gasteiger partial charge on any atom is 0.416 e. The van der Waals surface area contributed by atoms with Crippen LogP contribution in [0.5, 0.6) is 11.6 Å². The molecule has 0 saturated heterocycles. The third-order valence-corrected chi connectivity index (χ3v) is 3.94. The van der Waals surface area contributed by atoms with Crippen molar-refractivity contribution in [2.75, 3.05) is 7.11 Å². The van der Waals surface area contributed by atoms with Crippen molar-refractivity contribution in [3.63, 3.8) is 0 Å². The van der Waals surface area contributed by atoms with Gasteiger partial charge in [0.1, 0.15) is 12.4 Å². The maximum atomic E-state index is 13.0. The highest BCUT2D eigenvalue weighted by atomic mass is 19.4. The van der Waals surface area contributed by atoms with Gasteiger partial charge in [-0.05, 0) is 36.8 Å². The molecule has 2 aromatic carbocycles. The Kier molecular flexibility index (Phi) is 5.30. The Morgan fingerprint density at radius 3 is 2.48 bits per heavy atom. The predicted molar refractivity (Wildman–Crippen MR) is 94.5 cm³/mol. The van der Waals surface area contributed by atoms with E-state index in [1.165, 1.54) is 6.07 Å². The van der Waals surface area contributed by atoms with Crippen LogP contribution in [-0.2, 0) is 12.8 Å². The second kappa shape index (κ2) is 7.65. The van der Waals surface area contributed by atoms with Gasteiger partial charge < -0.3 is 9.47 Å². The molecule has 0 radical (unpaired) electrons. The largest absolute Gasteiger partial charge is 0.496 e. The van der Waals surface area contributed by atoms with E-state index in [0.717, 1.165) is 17.7 Å². The SMILES string of the molecule is COc1ccccc1COc1nnc(C)cc1-c1cccc(C(F)(F)F)c1. The first kappa shape index (κ1) is 18.7. The van der Waals surface area contributed by atoms with E-state index < -0.39 is 11.7 Å². The first-order valence-electron chi connectivity index (χ1n) is 8.15. The van der Waals surface area contributed by atoms with Crippen LogP contribution in [0, 0.1) is 6.92 Å². The maximum absolute atomic E-state index is 13.0. The van der Waals surface area contributed by atoms with Crippen LogP contribution in [0.3, 0.4) is 0 Å². The Morgan fingerprint density at radius 1 is 0.963 bits per heavy atom. The van der Waals surface area contributed by atoms with Crippen LogP contribution < -0.4 is 9.47 Å². The van der Waals surface area contributed by atoms with Crippen molar-refractivity contribution in [1.29, 1.82) is 0 Å². The van der Waals surface area contributed by atoms with Gasteiger partial charge in [0.15, 0.2) is 0 Å². The summed E-state index contributed by atoms with van der Waals surface area (Å²) in [6.45, 7) is 1.86. The Morgan fingerprint density at radius 2 is 1.74 bits per heavy atom. The first-order valence-corrected chi connectivity index (χ1v) is 8.15. The zero-order valence-corrected chi connectivity index (χ0v) is 14.7. The summed E-state index contributed by atoms with van der Waals surface area (Å²) in [6.07, 6.45) is -4.43. The van der Waals surface area contributed by atoms with Crippen LogP contribution >= 0.6 is 0 Å². The molecule has 4 nitrogen and oxygen atoms in total. The van der Waals surface area contributed by atoms with Gasteiger partial charge in [0, 0.05) is 11.1 Å². The lowest BCUT2D eigenvalue weighted by atomic mass is 10.0. The van der Waals surface area contributed by atoms with E-state index in [-0.39, 0.29) is 12.5 Å². The summed E-state index contributed by atoms with van der Waals surface area (Å²) in [7, 11) is 1.55. The number of aromatic nitrogens is 2. The van der Waals surface area contributed by atoms with Gasteiger partial charge in [-0.1, -0.05) is 30.3 Å². The highest BCUT2D eigenvalue weighted by Gasteiger charge is 2.30. The number of methoxy groups -OCH3 is 1. The molecule has 0 aliphatic heterocycles. The molecule has 0 bridgehead atoms. The summed E-state index contributed by atoms with van der Waals surface area (Å²) in [5.41, 5.74) is 1.44. The molecule has 0 saturated carbocycles. The van der Waals surface area contributed by atoms with E-state index in [0.29, 0.717) is 22.6 Å². The lowest BCUT2D eigenvalue weighted by Crippen LogP contribution is -2.05. The number of rotatable bonds is 5. The van der Waals surface area contributed by atoms with E-state index in [1.54, 1.807) is 32.2 Å². The van der Waals surface area contributed by atoms with E-state index in [2.05, 4.69) is 10.2 Å². The molecule has 140 valence electrons. The monoisotopic (exact) mass is 374 g/mol. The molecule has 3 aromatic rings. The Balaban J connectivity index is 1.94. The van der Waals surface area contributed by atoms with E-state index in [4.69, 9.17) is 9.47 Å². The molecule has 0 aliphatic rings. The molecule has 7 heteroatoms. The van der Waals surface area contributed by atoms with Crippen molar-refractivity contribution in [2.45, 2.75) is 19.7 Å². The number of benzene rings is 2. The number of para-hydroxylation sites is 1. The van der Waals surface area contributed by atoms with Gasteiger partial charge in [0.2, 0.25) is 5.88 Å². The molecular weight excluding hydrogens is 357 g/mol. The normalized spacial score (nSPS) is 11.3. The summed E-state index contributed by atoms with van der Waals surface area (Å²) in [5.74, 6) is 0.809. The zero-order chi connectivity index (χ0) is 19.4. The lowest BCUT2D eigenvalue weighted by molar-refractivity contribution is -0.137. The minimum atomic E-state index is -4.43. The molecule has 0 N–H and O–H groups in total. The minimum Gasteiger partial charge on any atom is -0.496 e. The third-order valence-electron chi connectivity index (χ3n) is 3.94. The average molecular weight is 374 g/mol. The van der Waals surface area contributed by atoms with Gasteiger partial charge in [0.25, 0.3) is 0 Å². The van der Waals surface area contributed by atoms with Crippen LogP contribution in [0.4, 0.5) is 13.2 Å². The first-order chi connectivity index (χ1) is 12.9. The van der Waals surface area contributed by atoms with Gasteiger partial charge in [-0.25, -0.2) is 0 Å². The second-order valence-electron chi connectivity index (χ2n) is 5.88. The molecular formula is C20H17F3N2O2. The summed E-state index contributed by atoms with van der Waals surface area (Å²) >= 11 is 0. The fourth-order valence-corrected chi connectivity index (χ4v) is 2.62. The quantitative estimate of drug-likeness (QED) is 0.626. The van der Waals surface area contributed by atoms with Crippen LogP contribution in [0.25, 0.3) is 11.1 Å². The fraction of sp³-hybridized carbons (Fsp3) is 0.200. The number of aryl methyl sites for hydroxylation is 1. The van der Waals surface area contributed by atoms with Crippen LogP contribution in [-0.4, -0.2) is 17.3 Å². The highest BCUT2D eigenvalue weighted by molar-refractivity contribution is 5.69. The molecule has 0 aliphatic carbocycles. The van der Waals surface area contributed by atoms with Gasteiger partial charge >= 0.3 is 6.18 Å². The smallest absolute Gasteiger partial charge is 0.416 e. The summed E-state index contributed by atoms with van der Waals surface area (Å²) in [6, 6.07) is 14.0. The standard InChI is InChI=1S/C20H17F3N2O2/c1-13-10-17(14-7-5-8-16(11-14)20(21,22)23)19(25-24-13)27-12-15-6-3-4-9-18(15)26-2/h3-11H,12H2,1-2H3. The Hall–Kier alpha value is -3.09. The van der Waals surface area contributed by atoms with Crippen molar-refractivity contribution in [3.8, 4) is 22.8 Å². The molecule has 1 aromatic heterocycles. The van der Waals surface area contributed by atoms with Crippen molar-refractivity contribution < 1.29 is 22.6 Å². The van der Waals surface area contributed by atoms with E-state index in [9.17, 15) is 13.2 Å². The molecule has 0 atom stereocenters. The summed E-state index contributed by atoms with van der Waals surface area (Å²) < 4.78 is 50.2. The molecule has 1 heterocycles. The Labute approximate surface area is 154 Å². The van der Waals surface area contributed by atoms with Crippen molar-refractivity contribution in [2.24, 2.45) is 0 Å². The summed E-state index contributed by atoms with van der Waals surface area (Å²) in [5, 5.41) is 7.99. The third kappa shape index (κ3) is 4.36. The van der Waals surface area contributed by atoms with Gasteiger partial charge in [-0.2, -0.15) is 18.3 Å². The number of alkyl halides is 3. The van der Waals surface area contributed by atoms with E-state index in [1.807, 2.05) is 18.2 Å². The Bertz CT molecular complexity index is 943. The molecule has 0 fully saturated rings. The van der Waals surface area contributed by atoms with Gasteiger partial charge in [0.05, 0.1) is 18.4 Å². The number of hydrogen-bond acceptors (Lipinski definition) is 4. The molecule has 0 unspecified atom stereocenters. The van der Waals surface area contributed by atoms with Gasteiger partial charge in [-0.3, -0.25) is 0 Å². The number of hydrogen-bond donors (Lipinski definition) is 0. The zero-order valence-electron chi connectivity index (χ0n) is 14.7. The van der Waals surface area contributed by atoms with Crippen molar-refractivity contribution in [1.82, 2.24) is 10.2 Å². The topological polar surface area (TPSA) is 44.2 Å². The van der Waals surface area contributed by atoms with Crippen LogP contribution in [0.2, 0.25) is 0 Å². The fourth-order valence-electron chi connectivity index (χ4n) is 2.62. The van der Waals surface area contributed by atoms with E-state index >= 15 is 0 Å². The molecule has 0 amide bonds. The van der Waals surface area contributed by atoms with Crippen LogP contribution in [0.1, 0.15) is 16.8 Å².